The summed E-state index contributed by atoms with van der Waals surface area (Å²) in [5.41, 5.74) is 11.6. The van der Waals surface area contributed by atoms with Gasteiger partial charge >= 0.3 is 0 Å². The van der Waals surface area contributed by atoms with Crippen LogP contribution in [0.2, 0.25) is 0 Å². The first-order valence-corrected chi connectivity index (χ1v) is 9.67. The van der Waals surface area contributed by atoms with Crippen molar-refractivity contribution in [3.05, 3.63) is 29.6 Å². The molecule has 2 N–H and O–H groups in total. The number of aromatic nitrogens is 2. The van der Waals surface area contributed by atoms with Crippen molar-refractivity contribution in [2.45, 2.75) is 39.5 Å². The number of morpholine rings is 1. The Balaban J connectivity index is 0.00000102. The highest BCUT2D eigenvalue weighted by Crippen LogP contribution is 2.49. The molecule has 1 aromatic heterocycles. The van der Waals surface area contributed by atoms with Gasteiger partial charge in [-0.3, -0.25) is 0 Å². The zero-order valence-electron chi connectivity index (χ0n) is 17.0. The molecule has 1 aliphatic heterocycles. The Hall–Kier alpha value is -2.34. The minimum Gasteiger partial charge on any atom is -0.495 e. The molecule has 6 heteroatoms. The zero-order chi connectivity index (χ0) is 19.6. The Morgan fingerprint density at radius 3 is 2.52 bits per heavy atom. The van der Waals surface area contributed by atoms with Crippen molar-refractivity contribution in [1.82, 2.24) is 9.97 Å². The second kappa shape index (κ2) is 7.72. The lowest BCUT2D eigenvalue weighted by molar-refractivity contribution is 0.122. The Bertz CT molecular complexity index is 814. The van der Waals surface area contributed by atoms with Crippen molar-refractivity contribution in [2.24, 2.45) is 0 Å². The maximum Gasteiger partial charge on any atom is 0.142 e. The molecule has 27 heavy (non-hydrogen) atoms. The normalized spacial score (nSPS) is 17.3. The van der Waals surface area contributed by atoms with Crippen molar-refractivity contribution in [2.75, 3.05) is 44.0 Å². The molecule has 1 saturated heterocycles. The number of hydrogen-bond donors (Lipinski definition) is 1. The highest BCUT2D eigenvalue weighted by Gasteiger charge is 2.37. The third kappa shape index (κ3) is 3.34. The maximum absolute atomic E-state index is 6.21. The monoisotopic (exact) mass is 370 g/mol. The number of nitrogens with zero attached hydrogens (tertiary/aromatic N) is 3. The number of rotatable bonds is 2. The van der Waals surface area contributed by atoms with E-state index in [9.17, 15) is 0 Å². The van der Waals surface area contributed by atoms with Crippen LogP contribution in [0, 0.1) is 0 Å². The fourth-order valence-corrected chi connectivity index (χ4v) is 4.11. The van der Waals surface area contributed by atoms with E-state index in [1.54, 1.807) is 13.4 Å². The molecule has 6 nitrogen and oxygen atoms in total. The smallest absolute Gasteiger partial charge is 0.142 e. The molecule has 1 fully saturated rings. The van der Waals surface area contributed by atoms with E-state index in [4.69, 9.17) is 15.2 Å². The van der Waals surface area contributed by atoms with Crippen LogP contribution in [0.25, 0.3) is 11.3 Å². The van der Waals surface area contributed by atoms with Crippen molar-refractivity contribution in [3.63, 3.8) is 0 Å². The van der Waals surface area contributed by atoms with E-state index in [1.807, 2.05) is 19.9 Å². The Morgan fingerprint density at radius 2 is 1.85 bits per heavy atom. The van der Waals surface area contributed by atoms with Gasteiger partial charge in [0.15, 0.2) is 0 Å². The molecule has 4 rings (SSSR count). The average molecular weight is 370 g/mol. The molecule has 0 unspecified atom stereocenters. The van der Waals surface area contributed by atoms with Crippen LogP contribution in [-0.2, 0) is 16.6 Å². The number of benzene rings is 1. The molecule has 1 aliphatic carbocycles. The topological polar surface area (TPSA) is 73.5 Å². The van der Waals surface area contributed by atoms with Gasteiger partial charge in [0.2, 0.25) is 0 Å². The molecule has 0 atom stereocenters. The van der Waals surface area contributed by atoms with Crippen molar-refractivity contribution in [1.29, 1.82) is 0 Å². The van der Waals surface area contributed by atoms with Crippen molar-refractivity contribution >= 4 is 11.5 Å². The molecule has 2 heterocycles. The lowest BCUT2D eigenvalue weighted by atomic mass is 9.71. The third-order valence-corrected chi connectivity index (χ3v) is 5.22. The summed E-state index contributed by atoms with van der Waals surface area (Å²) in [5, 5.41) is 0. The number of nitrogen functional groups attached to an aromatic ring is 1. The van der Waals surface area contributed by atoms with E-state index in [2.05, 4.69) is 34.8 Å². The predicted octanol–water partition coefficient (Wildman–Crippen LogP) is 3.43. The third-order valence-electron chi connectivity index (χ3n) is 5.22. The number of ether oxygens (including phenoxy) is 2. The molecule has 0 bridgehead atoms. The Labute approximate surface area is 161 Å². The van der Waals surface area contributed by atoms with Gasteiger partial charge in [0.05, 0.1) is 31.7 Å². The van der Waals surface area contributed by atoms with E-state index in [0.717, 1.165) is 55.3 Å². The van der Waals surface area contributed by atoms with Crippen molar-refractivity contribution < 1.29 is 9.47 Å². The molecular formula is C21H30N4O2. The molecule has 0 amide bonds. The summed E-state index contributed by atoms with van der Waals surface area (Å²) in [6.07, 6.45) is 2.43. The zero-order valence-corrected chi connectivity index (χ0v) is 17.0. The molecule has 2 aromatic rings. The Morgan fingerprint density at radius 1 is 1.15 bits per heavy atom. The molecule has 0 saturated carbocycles. The van der Waals surface area contributed by atoms with Crippen molar-refractivity contribution in [3.8, 4) is 17.0 Å². The maximum atomic E-state index is 6.21. The summed E-state index contributed by atoms with van der Waals surface area (Å²) in [7, 11) is 1.73. The fourth-order valence-electron chi connectivity index (χ4n) is 4.11. The number of methoxy groups -OCH3 is 1. The number of fused-ring (bicyclic) bond motifs is 3. The predicted molar refractivity (Wildman–Crippen MR) is 110 cm³/mol. The fraction of sp³-hybridized carbons (Fsp3) is 0.524. The van der Waals surface area contributed by atoms with Crippen LogP contribution < -0.4 is 15.4 Å². The first-order valence-electron chi connectivity index (χ1n) is 9.67. The van der Waals surface area contributed by atoms with Gasteiger partial charge in [0.1, 0.15) is 17.9 Å². The van der Waals surface area contributed by atoms with E-state index < -0.39 is 0 Å². The molecule has 1 aromatic carbocycles. The van der Waals surface area contributed by atoms with E-state index in [1.165, 1.54) is 11.3 Å². The minimum absolute atomic E-state index is 0.138. The van der Waals surface area contributed by atoms with Crippen LogP contribution in [0.3, 0.4) is 0 Å². The van der Waals surface area contributed by atoms with Gasteiger partial charge in [-0.15, -0.1) is 0 Å². The standard InChI is InChI=1S/C19H24N4O2.C2H6/c1-19(2)10-13-12(16-15(19)18(20)22-11-21-16)4-5-14(24-3)17(13)23-6-8-25-9-7-23;1-2/h4-5,11H,6-10H2,1-3H3,(H2,20,21,22);1-2H3. The first-order chi connectivity index (χ1) is 13.0. The highest BCUT2D eigenvalue weighted by atomic mass is 16.5. The van der Waals surface area contributed by atoms with Crippen LogP contribution >= 0.6 is 0 Å². The molecule has 2 aliphatic rings. The van der Waals surface area contributed by atoms with Gasteiger partial charge in [0.25, 0.3) is 0 Å². The quantitative estimate of drug-likeness (QED) is 0.873. The van der Waals surface area contributed by atoms with Gasteiger partial charge in [-0.1, -0.05) is 27.7 Å². The first kappa shape index (κ1) is 19.4. The van der Waals surface area contributed by atoms with E-state index >= 15 is 0 Å². The number of nitrogens with two attached hydrogens (primary N) is 1. The molecular weight excluding hydrogens is 340 g/mol. The Kier molecular flexibility index (Phi) is 5.56. The summed E-state index contributed by atoms with van der Waals surface area (Å²) in [6.45, 7) is 11.6. The van der Waals surface area contributed by atoms with Gasteiger partial charge in [-0.2, -0.15) is 0 Å². The van der Waals surface area contributed by atoms with Gasteiger partial charge in [-0.25, -0.2) is 9.97 Å². The summed E-state index contributed by atoms with van der Waals surface area (Å²) >= 11 is 0. The highest BCUT2D eigenvalue weighted by molar-refractivity contribution is 5.83. The lowest BCUT2D eigenvalue weighted by Crippen LogP contribution is -2.38. The molecule has 146 valence electrons. The molecule has 0 spiro atoms. The van der Waals surface area contributed by atoms with Crippen LogP contribution in [-0.4, -0.2) is 43.4 Å². The number of hydrogen-bond acceptors (Lipinski definition) is 6. The largest absolute Gasteiger partial charge is 0.495 e. The van der Waals surface area contributed by atoms with Crippen LogP contribution in [0.15, 0.2) is 18.5 Å². The summed E-state index contributed by atoms with van der Waals surface area (Å²) < 4.78 is 11.2. The second-order valence-electron chi connectivity index (χ2n) is 7.29. The summed E-state index contributed by atoms with van der Waals surface area (Å²) in [6, 6.07) is 4.13. The summed E-state index contributed by atoms with van der Waals surface area (Å²) in [4.78, 5) is 11.2. The molecule has 0 radical (unpaired) electrons. The number of anilines is 2. The van der Waals surface area contributed by atoms with Gasteiger partial charge in [-0.05, 0) is 29.5 Å². The van der Waals surface area contributed by atoms with E-state index in [-0.39, 0.29) is 5.41 Å². The van der Waals surface area contributed by atoms with E-state index in [0.29, 0.717) is 5.82 Å². The average Bonchev–Trinajstić information content (AvgIpc) is 2.68. The van der Waals surface area contributed by atoms with Crippen LogP contribution in [0.4, 0.5) is 11.5 Å². The van der Waals surface area contributed by atoms with Crippen LogP contribution in [0.1, 0.15) is 38.8 Å². The summed E-state index contributed by atoms with van der Waals surface area (Å²) in [5.74, 6) is 1.48. The second-order valence-corrected chi connectivity index (χ2v) is 7.29. The lowest BCUT2D eigenvalue weighted by Gasteiger charge is -2.38. The SMILES string of the molecule is CC.COc1ccc2c(c1N1CCOCC1)CC(C)(C)c1c(N)ncnc1-2. The minimum atomic E-state index is -0.138. The van der Waals surface area contributed by atoms with Crippen LogP contribution in [0.5, 0.6) is 5.75 Å². The van der Waals surface area contributed by atoms with Gasteiger partial charge < -0.3 is 20.1 Å². The van der Waals surface area contributed by atoms with Gasteiger partial charge in [0, 0.05) is 24.2 Å².